The first-order valence-electron chi connectivity index (χ1n) is 6.28. The van der Waals surface area contributed by atoms with Gasteiger partial charge < -0.3 is 11.5 Å². The van der Waals surface area contributed by atoms with Crippen LogP contribution in [0.4, 0.5) is 5.69 Å². The van der Waals surface area contributed by atoms with Gasteiger partial charge in [-0.15, -0.1) is 0 Å². The zero-order valence-corrected chi connectivity index (χ0v) is 10.5. The third-order valence-electron chi connectivity index (χ3n) is 3.37. The van der Waals surface area contributed by atoms with Crippen molar-refractivity contribution in [2.75, 3.05) is 5.73 Å². The molecule has 98 valence electrons. The molecule has 2 aromatic rings. The van der Waals surface area contributed by atoms with E-state index in [4.69, 9.17) is 11.5 Å². The molecule has 0 fully saturated rings. The van der Waals surface area contributed by atoms with Gasteiger partial charge in [-0.2, -0.15) is 5.10 Å². The van der Waals surface area contributed by atoms with Crippen molar-refractivity contribution in [2.24, 2.45) is 5.73 Å². The van der Waals surface area contributed by atoms with E-state index in [2.05, 4.69) is 10.1 Å². The minimum absolute atomic E-state index is 0.392. The first kappa shape index (κ1) is 11.7. The number of pyridine rings is 1. The SMILES string of the molecule is NC(=O)c1cc2c(nc1-n1cc(N)cn1)CCCC2. The van der Waals surface area contributed by atoms with Crippen molar-refractivity contribution >= 4 is 11.6 Å². The summed E-state index contributed by atoms with van der Waals surface area (Å²) in [5.74, 6) is -0.0326. The van der Waals surface area contributed by atoms with Crippen molar-refractivity contribution in [1.82, 2.24) is 14.8 Å². The fourth-order valence-corrected chi connectivity index (χ4v) is 2.43. The highest BCUT2D eigenvalue weighted by Gasteiger charge is 2.19. The molecule has 6 heteroatoms. The first-order valence-corrected chi connectivity index (χ1v) is 6.28. The molecular weight excluding hydrogens is 242 g/mol. The van der Waals surface area contributed by atoms with Crippen LogP contribution < -0.4 is 11.5 Å². The maximum absolute atomic E-state index is 11.6. The molecule has 0 spiro atoms. The monoisotopic (exact) mass is 257 g/mol. The number of aryl methyl sites for hydroxylation is 2. The number of rotatable bonds is 2. The van der Waals surface area contributed by atoms with Crippen molar-refractivity contribution in [1.29, 1.82) is 0 Å². The Morgan fingerprint density at radius 1 is 1.32 bits per heavy atom. The molecule has 1 aliphatic carbocycles. The standard InChI is InChI=1S/C13H15N5O/c14-9-6-16-18(7-9)13-10(12(15)19)5-8-3-1-2-4-11(8)17-13/h5-7H,1-4,14H2,(H2,15,19). The van der Waals surface area contributed by atoms with E-state index in [1.54, 1.807) is 6.20 Å². The summed E-state index contributed by atoms with van der Waals surface area (Å²) in [4.78, 5) is 16.2. The third-order valence-corrected chi connectivity index (χ3v) is 3.37. The summed E-state index contributed by atoms with van der Waals surface area (Å²) in [6.45, 7) is 0. The van der Waals surface area contributed by atoms with Gasteiger partial charge in [0.25, 0.3) is 5.91 Å². The number of amides is 1. The van der Waals surface area contributed by atoms with Crippen molar-refractivity contribution in [3.05, 3.63) is 35.3 Å². The van der Waals surface area contributed by atoms with Crippen molar-refractivity contribution in [3.8, 4) is 5.82 Å². The van der Waals surface area contributed by atoms with E-state index >= 15 is 0 Å². The quantitative estimate of drug-likeness (QED) is 0.832. The van der Waals surface area contributed by atoms with Gasteiger partial charge in [-0.1, -0.05) is 0 Å². The maximum atomic E-state index is 11.6. The largest absolute Gasteiger partial charge is 0.396 e. The molecule has 0 atom stereocenters. The average molecular weight is 257 g/mol. The number of nitrogens with zero attached hydrogens (tertiary/aromatic N) is 3. The summed E-state index contributed by atoms with van der Waals surface area (Å²) < 4.78 is 1.50. The lowest BCUT2D eigenvalue weighted by Crippen LogP contribution is -2.19. The highest BCUT2D eigenvalue weighted by molar-refractivity contribution is 5.96. The van der Waals surface area contributed by atoms with Gasteiger partial charge in [0.2, 0.25) is 0 Å². The highest BCUT2D eigenvalue weighted by atomic mass is 16.1. The van der Waals surface area contributed by atoms with Crippen LogP contribution in [0.5, 0.6) is 0 Å². The molecular formula is C13H15N5O. The van der Waals surface area contributed by atoms with Crippen LogP contribution in [0.1, 0.15) is 34.5 Å². The van der Waals surface area contributed by atoms with Crippen LogP contribution in [0.15, 0.2) is 18.5 Å². The van der Waals surface area contributed by atoms with E-state index in [0.717, 1.165) is 36.9 Å². The number of anilines is 1. The molecule has 4 N–H and O–H groups in total. The van der Waals surface area contributed by atoms with E-state index in [1.807, 2.05) is 6.07 Å². The average Bonchev–Trinajstić information content (AvgIpc) is 2.83. The van der Waals surface area contributed by atoms with E-state index < -0.39 is 5.91 Å². The van der Waals surface area contributed by atoms with Gasteiger partial charge in [0.1, 0.15) is 0 Å². The molecule has 0 aliphatic heterocycles. The number of primary amides is 1. The second kappa shape index (κ2) is 4.38. The Bertz CT molecular complexity index is 646. The summed E-state index contributed by atoms with van der Waals surface area (Å²) in [5.41, 5.74) is 14.2. The Morgan fingerprint density at radius 3 is 2.79 bits per heavy atom. The molecule has 1 aliphatic rings. The molecule has 0 radical (unpaired) electrons. The zero-order valence-electron chi connectivity index (χ0n) is 10.5. The van der Waals surface area contributed by atoms with Crippen molar-refractivity contribution in [2.45, 2.75) is 25.7 Å². The van der Waals surface area contributed by atoms with Gasteiger partial charge >= 0.3 is 0 Å². The minimum Gasteiger partial charge on any atom is -0.396 e. The number of nitrogen functional groups attached to an aromatic ring is 1. The molecule has 0 bridgehead atoms. The molecule has 2 aromatic heterocycles. The normalized spacial score (nSPS) is 14.1. The summed E-state index contributed by atoms with van der Waals surface area (Å²) in [5, 5.41) is 4.10. The third kappa shape index (κ3) is 2.05. The van der Waals surface area contributed by atoms with Crippen LogP contribution >= 0.6 is 0 Å². The molecule has 3 rings (SSSR count). The second-order valence-electron chi connectivity index (χ2n) is 4.75. The fraction of sp³-hybridized carbons (Fsp3) is 0.308. The van der Waals surface area contributed by atoms with Crippen LogP contribution in [0.3, 0.4) is 0 Å². The van der Waals surface area contributed by atoms with Crippen LogP contribution in [0, 0.1) is 0 Å². The van der Waals surface area contributed by atoms with E-state index in [0.29, 0.717) is 17.1 Å². The summed E-state index contributed by atoms with van der Waals surface area (Å²) in [6.07, 6.45) is 7.27. The molecule has 0 unspecified atom stereocenters. The van der Waals surface area contributed by atoms with Gasteiger partial charge in [-0.3, -0.25) is 4.79 Å². The predicted molar refractivity (Wildman–Crippen MR) is 70.9 cm³/mol. The Kier molecular flexibility index (Phi) is 2.70. The second-order valence-corrected chi connectivity index (χ2v) is 4.75. The lowest BCUT2D eigenvalue weighted by Gasteiger charge is -2.17. The first-order chi connectivity index (χ1) is 9.15. The molecule has 0 aromatic carbocycles. The van der Waals surface area contributed by atoms with Crippen LogP contribution in [-0.4, -0.2) is 20.7 Å². The highest BCUT2D eigenvalue weighted by Crippen LogP contribution is 2.24. The lowest BCUT2D eigenvalue weighted by atomic mass is 9.94. The van der Waals surface area contributed by atoms with Crippen LogP contribution in [-0.2, 0) is 12.8 Å². The van der Waals surface area contributed by atoms with Gasteiger partial charge in [0, 0.05) is 5.69 Å². The number of carbonyl (C=O) groups excluding carboxylic acids is 1. The Labute approximate surface area is 110 Å². The fourth-order valence-electron chi connectivity index (χ4n) is 2.43. The lowest BCUT2D eigenvalue weighted by molar-refractivity contribution is 0.0999. The van der Waals surface area contributed by atoms with Gasteiger partial charge in [-0.25, -0.2) is 9.67 Å². The smallest absolute Gasteiger partial charge is 0.252 e. The summed E-state index contributed by atoms with van der Waals surface area (Å²) in [7, 11) is 0. The number of hydrogen-bond donors (Lipinski definition) is 2. The van der Waals surface area contributed by atoms with E-state index in [1.165, 1.54) is 10.9 Å². The Balaban J connectivity index is 2.18. The Hall–Kier alpha value is -2.37. The molecule has 19 heavy (non-hydrogen) atoms. The van der Waals surface area contributed by atoms with E-state index in [-0.39, 0.29) is 0 Å². The number of fused-ring (bicyclic) bond motifs is 1. The van der Waals surface area contributed by atoms with Gasteiger partial charge in [0.15, 0.2) is 5.82 Å². The topological polar surface area (TPSA) is 99.8 Å². The number of nitrogens with two attached hydrogens (primary N) is 2. The number of hydrogen-bond acceptors (Lipinski definition) is 4. The van der Waals surface area contributed by atoms with Crippen LogP contribution in [0.25, 0.3) is 5.82 Å². The number of carbonyl (C=O) groups is 1. The molecule has 0 saturated carbocycles. The van der Waals surface area contributed by atoms with Crippen molar-refractivity contribution in [3.63, 3.8) is 0 Å². The number of aromatic nitrogens is 3. The molecule has 1 amide bonds. The Morgan fingerprint density at radius 2 is 2.11 bits per heavy atom. The van der Waals surface area contributed by atoms with E-state index in [9.17, 15) is 4.79 Å². The maximum Gasteiger partial charge on any atom is 0.252 e. The minimum atomic E-state index is -0.495. The van der Waals surface area contributed by atoms with Gasteiger partial charge in [-0.05, 0) is 37.3 Å². The summed E-state index contributed by atoms with van der Waals surface area (Å²) in [6, 6.07) is 1.84. The zero-order chi connectivity index (χ0) is 13.4. The summed E-state index contributed by atoms with van der Waals surface area (Å²) >= 11 is 0. The molecule has 6 nitrogen and oxygen atoms in total. The molecule has 0 saturated heterocycles. The molecule has 2 heterocycles. The van der Waals surface area contributed by atoms with Crippen LogP contribution in [0.2, 0.25) is 0 Å². The van der Waals surface area contributed by atoms with Crippen molar-refractivity contribution < 1.29 is 4.79 Å². The predicted octanol–water partition coefficient (Wildman–Crippen LogP) is 0.827. The van der Waals surface area contributed by atoms with Gasteiger partial charge in [0.05, 0.1) is 23.6 Å².